The number of hydrogen-bond donors (Lipinski definition) is 1. The Morgan fingerprint density at radius 3 is 2.45 bits per heavy atom. The monoisotopic (exact) mass is 435 g/mol. The van der Waals surface area contributed by atoms with Crippen LogP contribution in [-0.2, 0) is 14.8 Å². The highest BCUT2D eigenvalue weighted by Crippen LogP contribution is 2.29. The highest BCUT2D eigenvalue weighted by molar-refractivity contribution is 7.91. The van der Waals surface area contributed by atoms with Gasteiger partial charge in [-0.05, 0) is 70.0 Å². The number of piperidine rings is 1. The Hall–Kier alpha value is -1.90. The second kappa shape index (κ2) is 9.28. The van der Waals surface area contributed by atoms with E-state index >= 15 is 0 Å². The molecule has 1 aromatic carbocycles. The molecule has 1 N–H and O–H groups in total. The van der Waals surface area contributed by atoms with Gasteiger partial charge in [0.2, 0.25) is 5.91 Å². The van der Waals surface area contributed by atoms with Crippen LogP contribution >= 0.6 is 11.3 Å². The molecule has 1 saturated heterocycles. The number of benzene rings is 1. The maximum absolute atomic E-state index is 12.9. The maximum Gasteiger partial charge on any atom is 0.252 e. The number of aryl methyl sites for hydroxylation is 1. The Morgan fingerprint density at radius 1 is 1.17 bits per heavy atom. The van der Waals surface area contributed by atoms with Crippen LogP contribution in [0.2, 0.25) is 0 Å². The van der Waals surface area contributed by atoms with Crippen molar-refractivity contribution in [1.29, 1.82) is 0 Å². The first-order valence-corrected chi connectivity index (χ1v) is 12.3. The van der Waals surface area contributed by atoms with Crippen molar-refractivity contribution in [3.05, 3.63) is 41.3 Å². The van der Waals surface area contributed by atoms with E-state index in [4.69, 9.17) is 0 Å². The van der Waals surface area contributed by atoms with Crippen LogP contribution in [0.5, 0.6) is 0 Å². The van der Waals surface area contributed by atoms with Crippen molar-refractivity contribution < 1.29 is 13.2 Å². The van der Waals surface area contributed by atoms with Gasteiger partial charge in [0.15, 0.2) is 0 Å². The molecular formula is C21H29N3O3S2. The standard InChI is InChI=1S/C21H29N3O3S2/c1-4-23(5-2)19-11-9-18(10-12-19)22-21(25)17-7-6-14-24(15-17)29(26,27)20-13-8-16(3)28-20/h8-13,17H,4-7,14-15H2,1-3H3,(H,22,25). The van der Waals surface area contributed by atoms with Crippen molar-refractivity contribution in [3.8, 4) is 0 Å². The van der Waals surface area contributed by atoms with Crippen LogP contribution in [0.15, 0.2) is 40.6 Å². The summed E-state index contributed by atoms with van der Waals surface area (Å²) in [6.07, 6.45) is 1.38. The van der Waals surface area contributed by atoms with E-state index in [1.54, 1.807) is 6.07 Å². The van der Waals surface area contributed by atoms with E-state index in [0.717, 1.165) is 29.3 Å². The Kier molecular flexibility index (Phi) is 6.97. The van der Waals surface area contributed by atoms with E-state index in [1.807, 2.05) is 37.3 Å². The number of anilines is 2. The van der Waals surface area contributed by atoms with Gasteiger partial charge in [0, 0.05) is 42.4 Å². The Bertz CT molecular complexity index is 934. The lowest BCUT2D eigenvalue weighted by atomic mass is 9.98. The molecule has 158 valence electrons. The molecule has 1 aromatic heterocycles. The van der Waals surface area contributed by atoms with Gasteiger partial charge in [0.25, 0.3) is 10.0 Å². The van der Waals surface area contributed by atoms with Crippen LogP contribution in [0.1, 0.15) is 31.6 Å². The highest BCUT2D eigenvalue weighted by Gasteiger charge is 2.34. The largest absolute Gasteiger partial charge is 0.372 e. The minimum Gasteiger partial charge on any atom is -0.372 e. The summed E-state index contributed by atoms with van der Waals surface area (Å²) in [7, 11) is -3.54. The quantitative estimate of drug-likeness (QED) is 0.715. The molecule has 3 rings (SSSR count). The zero-order valence-corrected chi connectivity index (χ0v) is 18.9. The first kappa shape index (κ1) is 21.8. The third-order valence-electron chi connectivity index (χ3n) is 5.33. The van der Waals surface area contributed by atoms with Gasteiger partial charge in [-0.3, -0.25) is 4.79 Å². The topological polar surface area (TPSA) is 69.7 Å². The summed E-state index contributed by atoms with van der Waals surface area (Å²) in [6.45, 7) is 8.65. The molecule has 1 fully saturated rings. The summed E-state index contributed by atoms with van der Waals surface area (Å²) in [5.41, 5.74) is 1.86. The van der Waals surface area contributed by atoms with Gasteiger partial charge in [-0.1, -0.05) is 0 Å². The summed E-state index contributed by atoms with van der Waals surface area (Å²) in [6, 6.07) is 11.3. The van der Waals surface area contributed by atoms with Gasteiger partial charge in [-0.2, -0.15) is 4.31 Å². The van der Waals surface area contributed by atoms with Crippen molar-refractivity contribution >= 4 is 38.6 Å². The van der Waals surface area contributed by atoms with E-state index < -0.39 is 10.0 Å². The molecule has 6 nitrogen and oxygen atoms in total. The van der Waals surface area contributed by atoms with E-state index in [1.165, 1.54) is 15.6 Å². The fraction of sp³-hybridized carbons (Fsp3) is 0.476. The maximum atomic E-state index is 12.9. The van der Waals surface area contributed by atoms with Gasteiger partial charge in [-0.15, -0.1) is 11.3 Å². The Balaban J connectivity index is 1.65. The molecule has 0 spiro atoms. The van der Waals surface area contributed by atoms with Crippen LogP contribution in [0.3, 0.4) is 0 Å². The SMILES string of the molecule is CCN(CC)c1ccc(NC(=O)C2CCCN(S(=O)(=O)c3ccc(C)s3)C2)cc1. The average molecular weight is 436 g/mol. The molecule has 29 heavy (non-hydrogen) atoms. The molecule has 0 aliphatic carbocycles. The molecule has 1 unspecified atom stereocenters. The Morgan fingerprint density at radius 2 is 1.86 bits per heavy atom. The smallest absolute Gasteiger partial charge is 0.252 e. The number of nitrogens with zero attached hydrogens (tertiary/aromatic N) is 2. The molecule has 1 aliphatic heterocycles. The Labute approximate surface area is 177 Å². The number of thiophene rings is 1. The third kappa shape index (κ3) is 4.99. The number of carbonyl (C=O) groups is 1. The molecule has 8 heteroatoms. The van der Waals surface area contributed by atoms with Crippen molar-refractivity contribution in [2.45, 2.75) is 37.8 Å². The second-order valence-electron chi connectivity index (χ2n) is 7.28. The molecule has 0 radical (unpaired) electrons. The molecule has 0 saturated carbocycles. The van der Waals surface area contributed by atoms with E-state index in [2.05, 4.69) is 24.1 Å². The highest BCUT2D eigenvalue weighted by atomic mass is 32.2. The molecule has 0 bridgehead atoms. The number of rotatable bonds is 7. The first-order valence-electron chi connectivity index (χ1n) is 10.1. The molecule has 2 aromatic rings. The lowest BCUT2D eigenvalue weighted by Crippen LogP contribution is -2.43. The zero-order chi connectivity index (χ0) is 21.0. The van der Waals surface area contributed by atoms with Crippen LogP contribution in [0.4, 0.5) is 11.4 Å². The lowest BCUT2D eigenvalue weighted by molar-refractivity contribution is -0.120. The number of sulfonamides is 1. The minimum atomic E-state index is -3.54. The fourth-order valence-corrected chi connectivity index (χ4v) is 6.60. The van der Waals surface area contributed by atoms with E-state index in [-0.39, 0.29) is 18.4 Å². The third-order valence-corrected chi connectivity index (χ3v) is 8.66. The van der Waals surface area contributed by atoms with Gasteiger partial charge in [-0.25, -0.2) is 8.42 Å². The first-order chi connectivity index (χ1) is 13.8. The number of hydrogen-bond acceptors (Lipinski definition) is 5. The summed E-state index contributed by atoms with van der Waals surface area (Å²) < 4.78 is 27.6. The van der Waals surface area contributed by atoms with Crippen LogP contribution in [-0.4, -0.2) is 44.8 Å². The summed E-state index contributed by atoms with van der Waals surface area (Å²) >= 11 is 1.27. The van der Waals surface area contributed by atoms with E-state index in [0.29, 0.717) is 23.6 Å². The fourth-order valence-electron chi connectivity index (χ4n) is 3.64. The predicted molar refractivity (Wildman–Crippen MR) is 119 cm³/mol. The van der Waals surface area contributed by atoms with Crippen molar-refractivity contribution in [2.24, 2.45) is 5.92 Å². The molecule has 1 amide bonds. The minimum absolute atomic E-state index is 0.122. The lowest BCUT2D eigenvalue weighted by Gasteiger charge is -2.30. The zero-order valence-electron chi connectivity index (χ0n) is 17.2. The number of nitrogens with one attached hydrogen (secondary N) is 1. The summed E-state index contributed by atoms with van der Waals surface area (Å²) in [4.78, 5) is 16.0. The summed E-state index contributed by atoms with van der Waals surface area (Å²) in [5, 5.41) is 2.95. The van der Waals surface area contributed by atoms with Crippen molar-refractivity contribution in [3.63, 3.8) is 0 Å². The number of amides is 1. The molecular weight excluding hydrogens is 406 g/mol. The van der Waals surface area contributed by atoms with Crippen LogP contribution < -0.4 is 10.2 Å². The van der Waals surface area contributed by atoms with Gasteiger partial charge in [0.1, 0.15) is 4.21 Å². The van der Waals surface area contributed by atoms with E-state index in [9.17, 15) is 13.2 Å². The second-order valence-corrected chi connectivity index (χ2v) is 10.7. The normalized spacial score (nSPS) is 17.8. The molecule has 1 aliphatic rings. The predicted octanol–water partition coefficient (Wildman–Crippen LogP) is 3.94. The number of carbonyl (C=O) groups excluding carboxylic acids is 1. The summed E-state index contributed by atoms with van der Waals surface area (Å²) in [5.74, 6) is -0.468. The van der Waals surface area contributed by atoms with Crippen molar-refractivity contribution in [1.82, 2.24) is 4.31 Å². The molecule has 2 heterocycles. The van der Waals surface area contributed by atoms with Crippen LogP contribution in [0.25, 0.3) is 0 Å². The molecule has 1 atom stereocenters. The van der Waals surface area contributed by atoms with Gasteiger partial charge >= 0.3 is 0 Å². The van der Waals surface area contributed by atoms with Crippen molar-refractivity contribution in [2.75, 3.05) is 36.4 Å². The average Bonchev–Trinajstić information content (AvgIpc) is 3.17. The van der Waals surface area contributed by atoms with Gasteiger partial charge < -0.3 is 10.2 Å². The van der Waals surface area contributed by atoms with Gasteiger partial charge in [0.05, 0.1) is 5.92 Å². The van der Waals surface area contributed by atoms with Crippen LogP contribution in [0, 0.1) is 12.8 Å².